The first-order chi connectivity index (χ1) is 7.24. The molecule has 0 radical (unpaired) electrons. The fourth-order valence-electron chi connectivity index (χ4n) is 1.69. The number of hydrogen-bond donors (Lipinski definition) is 1. The summed E-state index contributed by atoms with van der Waals surface area (Å²) in [6.07, 6.45) is 2.04. The van der Waals surface area contributed by atoms with Gasteiger partial charge in [0.05, 0.1) is 24.2 Å². The van der Waals surface area contributed by atoms with E-state index in [1.165, 1.54) is 16.5 Å². The van der Waals surface area contributed by atoms with Crippen LogP contribution in [-0.4, -0.2) is 36.4 Å². The predicted molar refractivity (Wildman–Crippen MR) is 65.9 cm³/mol. The van der Waals surface area contributed by atoms with E-state index < -0.39 is 0 Å². The van der Waals surface area contributed by atoms with Gasteiger partial charge in [0.2, 0.25) is 0 Å². The van der Waals surface area contributed by atoms with Crippen LogP contribution in [0.25, 0.3) is 0 Å². The maximum Gasteiger partial charge on any atom is 0.153 e. The number of ether oxygens (including phenoxy) is 1. The Hall–Kier alpha value is -0.460. The summed E-state index contributed by atoms with van der Waals surface area (Å²) < 4.78 is 9.63. The van der Waals surface area contributed by atoms with Gasteiger partial charge < -0.3 is 15.4 Å². The zero-order valence-electron chi connectivity index (χ0n) is 8.90. The van der Waals surface area contributed by atoms with Gasteiger partial charge in [0, 0.05) is 6.54 Å². The van der Waals surface area contributed by atoms with Gasteiger partial charge in [-0.15, -0.1) is 11.8 Å². The molecule has 4 nitrogen and oxygen atoms in total. The molecule has 2 rings (SSSR count). The Morgan fingerprint density at radius 3 is 3.13 bits per heavy atom. The molecule has 0 aliphatic carbocycles. The van der Waals surface area contributed by atoms with Crippen LogP contribution in [0.5, 0.6) is 0 Å². The van der Waals surface area contributed by atoms with Gasteiger partial charge >= 0.3 is 0 Å². The van der Waals surface area contributed by atoms with Crippen molar-refractivity contribution in [3.8, 4) is 0 Å². The van der Waals surface area contributed by atoms with Gasteiger partial charge in [-0.1, -0.05) is 0 Å². The Morgan fingerprint density at radius 2 is 2.47 bits per heavy atom. The van der Waals surface area contributed by atoms with E-state index in [4.69, 9.17) is 10.5 Å². The third-order valence-corrected chi connectivity index (χ3v) is 4.33. The van der Waals surface area contributed by atoms with Crippen molar-refractivity contribution >= 4 is 34.1 Å². The quantitative estimate of drug-likeness (QED) is 0.803. The monoisotopic (exact) mass is 245 g/mol. The molecule has 15 heavy (non-hydrogen) atoms. The fraction of sp³-hybridized carbons (Fsp3) is 0.667. The lowest BCUT2D eigenvalue weighted by molar-refractivity contribution is 0.0991. The minimum Gasteiger partial charge on any atom is -0.382 e. The first-order valence-corrected chi connectivity index (χ1v) is 6.87. The maximum atomic E-state index is 5.82. The summed E-state index contributed by atoms with van der Waals surface area (Å²) in [7, 11) is 0. The average Bonchev–Trinajstić information content (AvgIpc) is 2.60. The van der Waals surface area contributed by atoms with Crippen LogP contribution in [0.1, 0.15) is 6.92 Å². The molecule has 2 N–H and O–H groups in total. The minimum absolute atomic E-state index is 0.407. The minimum atomic E-state index is 0.407. The Morgan fingerprint density at radius 1 is 1.67 bits per heavy atom. The molecule has 1 aromatic heterocycles. The van der Waals surface area contributed by atoms with E-state index in [-0.39, 0.29) is 0 Å². The lowest BCUT2D eigenvalue weighted by Crippen LogP contribution is -2.43. The summed E-state index contributed by atoms with van der Waals surface area (Å²) in [6.45, 7) is 4.66. The molecule has 0 amide bonds. The Kier molecular flexibility index (Phi) is 3.38. The van der Waals surface area contributed by atoms with Crippen molar-refractivity contribution in [3.05, 3.63) is 0 Å². The second-order valence-corrected chi connectivity index (χ2v) is 5.09. The zero-order chi connectivity index (χ0) is 10.8. The van der Waals surface area contributed by atoms with Gasteiger partial charge in [-0.25, -0.2) is 0 Å². The van der Waals surface area contributed by atoms with E-state index in [0.717, 1.165) is 24.7 Å². The summed E-state index contributed by atoms with van der Waals surface area (Å²) in [5, 5.41) is 1.19. The fourth-order valence-corrected chi connectivity index (χ4v) is 3.49. The average molecular weight is 245 g/mol. The zero-order valence-corrected chi connectivity index (χ0v) is 10.5. The van der Waals surface area contributed by atoms with Crippen LogP contribution in [0.4, 0.5) is 10.8 Å². The molecule has 0 bridgehead atoms. The third-order valence-electron chi connectivity index (χ3n) is 2.49. The van der Waals surface area contributed by atoms with E-state index in [2.05, 4.69) is 16.2 Å². The van der Waals surface area contributed by atoms with Gasteiger partial charge in [0.15, 0.2) is 5.82 Å². The first-order valence-electron chi connectivity index (χ1n) is 4.87. The highest BCUT2D eigenvalue weighted by molar-refractivity contribution is 7.99. The van der Waals surface area contributed by atoms with Crippen molar-refractivity contribution in [1.82, 2.24) is 4.37 Å². The van der Waals surface area contributed by atoms with Crippen LogP contribution in [0, 0.1) is 0 Å². The SMILES string of the molecule is CSc1c(N)nsc1N1CCOCC1C. The second kappa shape index (κ2) is 4.59. The number of nitrogens with two attached hydrogens (primary N) is 1. The molecule has 1 aliphatic heterocycles. The van der Waals surface area contributed by atoms with Gasteiger partial charge in [-0.2, -0.15) is 4.37 Å². The molecular weight excluding hydrogens is 230 g/mol. The molecule has 1 atom stereocenters. The highest BCUT2D eigenvalue weighted by Gasteiger charge is 2.24. The van der Waals surface area contributed by atoms with E-state index in [0.29, 0.717) is 11.9 Å². The van der Waals surface area contributed by atoms with Crippen LogP contribution in [0.15, 0.2) is 4.90 Å². The molecule has 1 aliphatic rings. The molecule has 6 heteroatoms. The number of morpholine rings is 1. The highest BCUT2D eigenvalue weighted by atomic mass is 32.2. The third kappa shape index (κ3) is 2.07. The largest absolute Gasteiger partial charge is 0.382 e. The summed E-state index contributed by atoms with van der Waals surface area (Å²) in [4.78, 5) is 3.44. The summed E-state index contributed by atoms with van der Waals surface area (Å²) >= 11 is 3.15. The molecular formula is C9H15N3OS2. The lowest BCUT2D eigenvalue weighted by Gasteiger charge is -2.34. The number of nitrogens with zero attached hydrogens (tertiary/aromatic N) is 2. The number of hydrogen-bond acceptors (Lipinski definition) is 6. The highest BCUT2D eigenvalue weighted by Crippen LogP contribution is 2.38. The van der Waals surface area contributed by atoms with Crippen LogP contribution in [0.2, 0.25) is 0 Å². The predicted octanol–water partition coefficient (Wildman–Crippen LogP) is 1.67. The van der Waals surface area contributed by atoms with Crippen molar-refractivity contribution in [1.29, 1.82) is 0 Å². The normalized spacial score (nSPS) is 22.0. The van der Waals surface area contributed by atoms with Crippen LogP contribution in [-0.2, 0) is 4.74 Å². The maximum absolute atomic E-state index is 5.82. The van der Waals surface area contributed by atoms with Gasteiger partial charge in [0.1, 0.15) is 5.00 Å². The number of rotatable bonds is 2. The number of aromatic nitrogens is 1. The Balaban J connectivity index is 2.27. The number of thioether (sulfide) groups is 1. The molecule has 2 heterocycles. The van der Waals surface area contributed by atoms with Crippen LogP contribution >= 0.6 is 23.3 Å². The molecule has 1 aromatic rings. The molecule has 1 unspecified atom stereocenters. The van der Waals surface area contributed by atoms with Crippen LogP contribution in [0.3, 0.4) is 0 Å². The molecule has 0 saturated carbocycles. The molecule has 0 aromatic carbocycles. The Bertz CT molecular complexity index is 342. The van der Waals surface area contributed by atoms with Crippen molar-refractivity contribution in [2.24, 2.45) is 0 Å². The van der Waals surface area contributed by atoms with E-state index >= 15 is 0 Å². The first kappa shape index (κ1) is 11.0. The van der Waals surface area contributed by atoms with E-state index in [9.17, 15) is 0 Å². The van der Waals surface area contributed by atoms with Crippen molar-refractivity contribution < 1.29 is 4.74 Å². The summed E-state index contributed by atoms with van der Waals surface area (Å²) in [6, 6.07) is 0.407. The molecule has 0 spiro atoms. The summed E-state index contributed by atoms with van der Waals surface area (Å²) in [5.74, 6) is 0.654. The van der Waals surface area contributed by atoms with Crippen LogP contribution < -0.4 is 10.6 Å². The smallest absolute Gasteiger partial charge is 0.153 e. The molecule has 1 saturated heterocycles. The van der Waals surface area contributed by atoms with Crippen molar-refractivity contribution in [2.75, 3.05) is 36.6 Å². The number of anilines is 2. The lowest BCUT2D eigenvalue weighted by atomic mass is 10.2. The molecule has 1 fully saturated rings. The Labute approximate surface area is 98.0 Å². The summed E-state index contributed by atoms with van der Waals surface area (Å²) in [5.41, 5.74) is 5.82. The van der Waals surface area contributed by atoms with E-state index in [1.807, 2.05) is 6.26 Å². The van der Waals surface area contributed by atoms with Crippen molar-refractivity contribution in [3.63, 3.8) is 0 Å². The van der Waals surface area contributed by atoms with Gasteiger partial charge in [-0.05, 0) is 24.7 Å². The topological polar surface area (TPSA) is 51.4 Å². The van der Waals surface area contributed by atoms with Gasteiger partial charge in [0.25, 0.3) is 0 Å². The second-order valence-electron chi connectivity index (χ2n) is 3.52. The standard InChI is InChI=1S/C9H15N3OS2/c1-6-5-13-4-3-12(6)9-7(14-2)8(10)11-15-9/h6H,3-5H2,1-2H3,(H2,10,11). The van der Waals surface area contributed by atoms with Gasteiger partial charge in [-0.3, -0.25) is 0 Å². The number of nitrogen functional groups attached to an aromatic ring is 1. The van der Waals surface area contributed by atoms with E-state index in [1.54, 1.807) is 11.8 Å². The molecule has 84 valence electrons. The van der Waals surface area contributed by atoms with Crippen molar-refractivity contribution in [2.45, 2.75) is 17.9 Å².